The van der Waals surface area contributed by atoms with Crippen molar-refractivity contribution < 1.29 is 14.7 Å². The average Bonchev–Trinajstić information content (AvgIpc) is 3.62. The van der Waals surface area contributed by atoms with Crippen LogP contribution in [0.4, 0.5) is 5.82 Å². The molecule has 184 valence electrons. The van der Waals surface area contributed by atoms with Gasteiger partial charge in [-0.3, -0.25) is 14.6 Å². The first-order chi connectivity index (χ1) is 17.5. The Morgan fingerprint density at radius 2 is 1.94 bits per heavy atom. The summed E-state index contributed by atoms with van der Waals surface area (Å²) < 4.78 is 1.51. The summed E-state index contributed by atoms with van der Waals surface area (Å²) in [5, 5.41) is 13.8. The van der Waals surface area contributed by atoms with E-state index in [4.69, 9.17) is 10.7 Å². The molecule has 0 saturated carbocycles. The van der Waals surface area contributed by atoms with Crippen molar-refractivity contribution in [1.82, 2.24) is 34.4 Å². The number of rotatable bonds is 5. The van der Waals surface area contributed by atoms with Gasteiger partial charge in [0.2, 0.25) is 5.91 Å². The Morgan fingerprint density at radius 1 is 1.17 bits per heavy atom. The summed E-state index contributed by atoms with van der Waals surface area (Å²) >= 11 is 0. The van der Waals surface area contributed by atoms with Gasteiger partial charge in [-0.15, -0.1) is 0 Å². The lowest BCUT2D eigenvalue weighted by Gasteiger charge is -2.39. The van der Waals surface area contributed by atoms with Gasteiger partial charge in [-0.2, -0.15) is 9.61 Å². The first-order valence-electron chi connectivity index (χ1n) is 12.0. The number of carbonyl (C=O) groups is 2. The number of amides is 1. The highest BCUT2D eigenvalue weighted by Crippen LogP contribution is 2.44. The maximum absolute atomic E-state index is 12.7. The molecule has 1 amide bonds. The van der Waals surface area contributed by atoms with Gasteiger partial charge in [0.1, 0.15) is 18.1 Å². The van der Waals surface area contributed by atoms with E-state index in [9.17, 15) is 14.7 Å². The molecule has 0 radical (unpaired) electrons. The molecular formula is C25H26N8O3. The van der Waals surface area contributed by atoms with Crippen molar-refractivity contribution in [1.29, 1.82) is 0 Å². The fourth-order valence-corrected chi connectivity index (χ4v) is 5.88. The first kappa shape index (κ1) is 22.4. The molecule has 6 heterocycles. The van der Waals surface area contributed by atoms with Gasteiger partial charge in [-0.05, 0) is 38.7 Å². The van der Waals surface area contributed by atoms with Gasteiger partial charge in [0.15, 0.2) is 17.3 Å². The Bertz CT molecular complexity index is 1450. The number of hydrogen-bond donors (Lipinski definition) is 3. The number of aliphatic hydroxyl groups excluding tert-OH is 1. The van der Waals surface area contributed by atoms with Crippen LogP contribution in [-0.2, 0) is 4.79 Å². The lowest BCUT2D eigenvalue weighted by molar-refractivity contribution is -0.138. The first-order valence-corrected chi connectivity index (χ1v) is 12.0. The number of aromatic nitrogens is 6. The lowest BCUT2D eigenvalue weighted by atomic mass is 9.85. The fraction of sp³-hybridized carbons (Fsp3) is 0.360. The summed E-state index contributed by atoms with van der Waals surface area (Å²) in [6.07, 6.45) is 9.95. The van der Waals surface area contributed by atoms with Crippen molar-refractivity contribution in [2.75, 3.05) is 12.3 Å². The summed E-state index contributed by atoms with van der Waals surface area (Å²) in [5.74, 6) is 0.505. The average molecular weight is 487 g/mol. The number of nitrogens with one attached hydrogen (secondary N) is 1. The smallest absolute Gasteiger partial charge is 0.248 e. The van der Waals surface area contributed by atoms with Crippen LogP contribution >= 0.6 is 0 Å². The van der Waals surface area contributed by atoms with Gasteiger partial charge >= 0.3 is 0 Å². The van der Waals surface area contributed by atoms with E-state index in [1.54, 1.807) is 24.8 Å². The minimum absolute atomic E-state index is 0.0233. The number of fused-ring (bicyclic) bond motifs is 3. The number of nitrogens with zero attached hydrogens (tertiary/aromatic N) is 6. The van der Waals surface area contributed by atoms with Gasteiger partial charge in [0.05, 0.1) is 17.5 Å². The van der Waals surface area contributed by atoms with Gasteiger partial charge < -0.3 is 20.7 Å². The Balaban J connectivity index is 1.42. The second kappa shape index (κ2) is 8.52. The molecular weight excluding hydrogens is 460 g/mol. The molecule has 2 aliphatic heterocycles. The summed E-state index contributed by atoms with van der Waals surface area (Å²) in [6.45, 7) is 1.00. The highest BCUT2D eigenvalue weighted by atomic mass is 16.3. The van der Waals surface area contributed by atoms with Gasteiger partial charge in [-0.25, -0.2) is 9.97 Å². The number of H-pyrrole nitrogens is 1. The van der Waals surface area contributed by atoms with Crippen LogP contribution in [0.2, 0.25) is 0 Å². The zero-order valence-electron chi connectivity index (χ0n) is 19.8. The molecule has 6 rings (SSSR count). The van der Waals surface area contributed by atoms with Crippen LogP contribution in [0.5, 0.6) is 0 Å². The van der Waals surface area contributed by atoms with Crippen molar-refractivity contribution >= 4 is 23.2 Å². The molecule has 11 nitrogen and oxygen atoms in total. The summed E-state index contributed by atoms with van der Waals surface area (Å²) in [7, 11) is 0. The van der Waals surface area contributed by atoms with E-state index in [-0.39, 0.29) is 35.5 Å². The predicted octanol–water partition coefficient (Wildman–Crippen LogP) is 2.20. The summed E-state index contributed by atoms with van der Waals surface area (Å²) in [5.41, 5.74) is 10.4. The summed E-state index contributed by atoms with van der Waals surface area (Å²) in [6, 6.07) is 3.85. The molecule has 36 heavy (non-hydrogen) atoms. The second-order valence-electron chi connectivity index (χ2n) is 9.49. The molecule has 0 aromatic carbocycles. The second-order valence-corrected chi connectivity index (χ2v) is 9.49. The number of aliphatic hydroxyl groups is 1. The van der Waals surface area contributed by atoms with E-state index in [1.165, 1.54) is 11.4 Å². The van der Waals surface area contributed by atoms with Crippen LogP contribution in [0, 0.1) is 0 Å². The minimum Gasteiger partial charge on any atom is -0.387 e. The van der Waals surface area contributed by atoms with Crippen LogP contribution in [0.3, 0.4) is 0 Å². The van der Waals surface area contributed by atoms with Crippen LogP contribution in [0.15, 0.2) is 36.9 Å². The largest absolute Gasteiger partial charge is 0.387 e. The third-order valence-corrected chi connectivity index (χ3v) is 7.42. The normalized spacial score (nSPS) is 21.3. The van der Waals surface area contributed by atoms with Crippen LogP contribution < -0.4 is 5.73 Å². The number of imidazole rings is 1. The molecule has 4 aromatic heterocycles. The van der Waals surface area contributed by atoms with Crippen molar-refractivity contribution in [2.24, 2.45) is 0 Å². The van der Waals surface area contributed by atoms with E-state index in [1.807, 2.05) is 17.0 Å². The van der Waals surface area contributed by atoms with E-state index in [0.717, 1.165) is 24.0 Å². The number of Topliss-reactive ketones (excluding diaryl/α,β-unsaturated/α-hetero) is 1. The van der Waals surface area contributed by atoms with Crippen molar-refractivity contribution in [3.05, 3.63) is 48.2 Å². The van der Waals surface area contributed by atoms with E-state index in [0.29, 0.717) is 41.3 Å². The molecule has 4 aromatic rings. The van der Waals surface area contributed by atoms with Crippen molar-refractivity contribution in [2.45, 2.75) is 50.6 Å². The third-order valence-electron chi connectivity index (χ3n) is 7.42. The number of carbonyl (C=O) groups excluding carboxylic acids is 2. The van der Waals surface area contributed by atoms with Crippen LogP contribution in [-0.4, -0.2) is 69.9 Å². The summed E-state index contributed by atoms with van der Waals surface area (Å²) in [4.78, 5) is 43.6. The van der Waals surface area contributed by atoms with Crippen molar-refractivity contribution in [3.8, 4) is 22.6 Å². The number of nitrogens with two attached hydrogens (primary N) is 1. The van der Waals surface area contributed by atoms with E-state index >= 15 is 0 Å². The quantitative estimate of drug-likeness (QED) is 0.363. The molecule has 2 bridgehead atoms. The molecule has 2 atom stereocenters. The fourth-order valence-electron chi connectivity index (χ4n) is 5.88. The molecule has 11 heteroatoms. The van der Waals surface area contributed by atoms with Crippen molar-refractivity contribution in [3.63, 3.8) is 0 Å². The SMILES string of the molecule is CC(=O)c1c(C2CC3CCC(C2)N3C(=O)CO)nc2c(-c3ccc(-c4ncc[nH]4)nc3)cnn2c1N. The number of piperidine rings is 1. The van der Waals surface area contributed by atoms with Gasteiger partial charge in [-0.1, -0.05) is 6.07 Å². The maximum Gasteiger partial charge on any atom is 0.248 e. The molecule has 2 unspecified atom stereocenters. The van der Waals surface area contributed by atoms with E-state index in [2.05, 4.69) is 20.1 Å². The topological polar surface area (TPSA) is 155 Å². The number of pyridine rings is 1. The zero-order chi connectivity index (χ0) is 25.0. The Morgan fingerprint density at radius 3 is 2.56 bits per heavy atom. The van der Waals surface area contributed by atoms with E-state index < -0.39 is 6.61 Å². The lowest BCUT2D eigenvalue weighted by Crippen LogP contribution is -2.47. The zero-order valence-corrected chi connectivity index (χ0v) is 19.8. The molecule has 2 fully saturated rings. The van der Waals surface area contributed by atoms with Crippen LogP contribution in [0.1, 0.15) is 54.6 Å². The molecule has 0 aliphatic carbocycles. The monoisotopic (exact) mass is 486 g/mol. The molecule has 2 aliphatic rings. The number of hydrogen-bond acceptors (Lipinski definition) is 8. The minimum atomic E-state index is -0.487. The highest BCUT2D eigenvalue weighted by Gasteiger charge is 2.44. The number of anilines is 1. The predicted molar refractivity (Wildman–Crippen MR) is 131 cm³/mol. The number of nitrogen functional groups attached to an aromatic ring is 1. The van der Waals surface area contributed by atoms with Crippen LogP contribution in [0.25, 0.3) is 28.3 Å². The Hall–Kier alpha value is -4.12. The Kier molecular flexibility index (Phi) is 5.29. The Labute approximate surface area is 206 Å². The number of aromatic amines is 1. The van der Waals surface area contributed by atoms with Gasteiger partial charge in [0, 0.05) is 47.7 Å². The van der Waals surface area contributed by atoms with Gasteiger partial charge in [0.25, 0.3) is 0 Å². The molecule has 2 saturated heterocycles. The number of ketones is 1. The molecule has 4 N–H and O–H groups in total. The molecule has 0 spiro atoms. The standard InChI is InChI=1S/C25H26N8O3/c1-13(35)21-22(15-8-16-3-4-17(9-15)32(16)20(36)12-34)31-25-18(11-30-33(25)23(21)26)14-2-5-19(29-10-14)24-27-6-7-28-24/h2,5-7,10-11,15-17,34H,3-4,8-9,12,26H2,1H3,(H,27,28). The third kappa shape index (κ3) is 3.46. The highest BCUT2D eigenvalue weighted by molar-refractivity contribution is 6.00. The maximum atomic E-state index is 12.7.